The lowest BCUT2D eigenvalue weighted by Gasteiger charge is -2.31. The van der Waals surface area contributed by atoms with Crippen LogP contribution in [-0.4, -0.2) is 59.2 Å². The average molecular weight is 309 g/mol. The summed E-state index contributed by atoms with van der Waals surface area (Å²) in [5, 5.41) is 8.83. The first kappa shape index (κ1) is 16.0. The molecule has 0 bridgehead atoms. The highest BCUT2D eigenvalue weighted by Crippen LogP contribution is 2.28. The summed E-state index contributed by atoms with van der Waals surface area (Å²) in [6, 6.07) is 0. The Morgan fingerprint density at radius 2 is 1.77 bits per heavy atom. The molecule has 1 fully saturated rings. The molecule has 22 heavy (non-hydrogen) atoms. The molecule has 120 valence electrons. The van der Waals surface area contributed by atoms with Gasteiger partial charge in [-0.25, -0.2) is 9.97 Å². The normalized spacial score (nSPS) is 15.5. The predicted octanol–water partition coefficient (Wildman–Crippen LogP) is 0.821. The topological polar surface area (TPSA) is 102 Å². The third kappa shape index (κ3) is 3.44. The van der Waals surface area contributed by atoms with Crippen molar-refractivity contribution in [1.82, 2.24) is 14.9 Å². The first-order chi connectivity index (χ1) is 10.6. The summed E-state index contributed by atoms with van der Waals surface area (Å²) in [6.45, 7) is 0.996. The zero-order valence-corrected chi connectivity index (χ0v) is 12.6. The smallest absolute Gasteiger partial charge is 0.303 e. The maximum absolute atomic E-state index is 12.7. The van der Waals surface area contributed by atoms with Gasteiger partial charge in [-0.2, -0.15) is 0 Å². The number of ether oxygens (including phenoxy) is 2. The Kier molecular flexibility index (Phi) is 5.13. The monoisotopic (exact) mass is 309 g/mol. The Labute approximate surface area is 128 Å². The maximum atomic E-state index is 12.7. The number of likely N-dealkylation sites (tertiary alicyclic amines) is 1. The van der Waals surface area contributed by atoms with Crippen LogP contribution in [0.2, 0.25) is 0 Å². The van der Waals surface area contributed by atoms with Crippen molar-refractivity contribution in [1.29, 1.82) is 0 Å². The summed E-state index contributed by atoms with van der Waals surface area (Å²) in [5.41, 5.74) is 0.198. The highest BCUT2D eigenvalue weighted by Gasteiger charge is 2.29. The minimum Gasteiger partial charge on any atom is -0.481 e. The summed E-state index contributed by atoms with van der Waals surface area (Å²) < 4.78 is 10.2. The van der Waals surface area contributed by atoms with E-state index in [-0.39, 0.29) is 35.6 Å². The van der Waals surface area contributed by atoms with Crippen molar-refractivity contribution in [3.8, 4) is 11.8 Å². The number of nitrogens with zero attached hydrogens (tertiary/aromatic N) is 3. The van der Waals surface area contributed by atoms with E-state index in [1.165, 1.54) is 20.5 Å². The summed E-state index contributed by atoms with van der Waals surface area (Å²) in [5.74, 6) is -0.612. The minimum atomic E-state index is -0.801. The molecular weight excluding hydrogens is 290 g/mol. The van der Waals surface area contributed by atoms with Crippen LogP contribution in [0.15, 0.2) is 6.33 Å². The number of hydrogen-bond donors (Lipinski definition) is 1. The Bertz CT molecular complexity index is 533. The second-order valence-electron chi connectivity index (χ2n) is 5.10. The Balaban J connectivity index is 2.12. The number of amides is 1. The second kappa shape index (κ2) is 7.06. The van der Waals surface area contributed by atoms with Crippen LogP contribution in [0.3, 0.4) is 0 Å². The van der Waals surface area contributed by atoms with Crippen molar-refractivity contribution in [3.63, 3.8) is 0 Å². The molecule has 1 N–H and O–H groups in total. The van der Waals surface area contributed by atoms with Crippen molar-refractivity contribution < 1.29 is 24.2 Å². The predicted molar refractivity (Wildman–Crippen MR) is 76.0 cm³/mol. The zero-order chi connectivity index (χ0) is 16.1. The van der Waals surface area contributed by atoms with Crippen molar-refractivity contribution >= 4 is 11.9 Å². The minimum absolute atomic E-state index is 0.109. The number of carboxylic acid groups (broad SMARTS) is 1. The summed E-state index contributed by atoms with van der Waals surface area (Å²) in [6.07, 6.45) is 2.74. The maximum Gasteiger partial charge on any atom is 0.303 e. The first-order valence-corrected chi connectivity index (χ1v) is 7.00. The lowest BCUT2D eigenvalue weighted by Crippen LogP contribution is -2.39. The average Bonchev–Trinajstić information content (AvgIpc) is 2.53. The van der Waals surface area contributed by atoms with E-state index in [1.54, 1.807) is 4.90 Å². The van der Waals surface area contributed by atoms with Crippen molar-refractivity contribution in [2.45, 2.75) is 19.3 Å². The van der Waals surface area contributed by atoms with Gasteiger partial charge >= 0.3 is 5.97 Å². The van der Waals surface area contributed by atoms with Crippen LogP contribution in [-0.2, 0) is 4.79 Å². The molecule has 1 amide bonds. The largest absolute Gasteiger partial charge is 0.481 e. The van der Waals surface area contributed by atoms with Crippen LogP contribution in [0.25, 0.3) is 0 Å². The summed E-state index contributed by atoms with van der Waals surface area (Å²) >= 11 is 0. The molecule has 1 aliphatic heterocycles. The molecule has 0 aromatic carbocycles. The molecule has 2 rings (SSSR count). The van der Waals surface area contributed by atoms with Gasteiger partial charge in [0.25, 0.3) is 5.91 Å². The van der Waals surface area contributed by atoms with Gasteiger partial charge in [-0.1, -0.05) is 0 Å². The van der Waals surface area contributed by atoms with E-state index < -0.39 is 5.97 Å². The Morgan fingerprint density at radius 3 is 2.23 bits per heavy atom. The van der Waals surface area contributed by atoms with Gasteiger partial charge < -0.3 is 19.5 Å². The molecule has 8 heteroatoms. The molecule has 1 aromatic heterocycles. The molecule has 1 aromatic rings. The van der Waals surface area contributed by atoms with Gasteiger partial charge in [0.1, 0.15) is 6.33 Å². The van der Waals surface area contributed by atoms with Gasteiger partial charge in [-0.05, 0) is 18.8 Å². The van der Waals surface area contributed by atoms with Crippen LogP contribution in [0, 0.1) is 5.92 Å². The van der Waals surface area contributed by atoms with Crippen molar-refractivity contribution in [3.05, 3.63) is 11.9 Å². The van der Waals surface area contributed by atoms with Crippen molar-refractivity contribution in [2.24, 2.45) is 5.92 Å². The molecular formula is C14H19N3O5. The lowest BCUT2D eigenvalue weighted by atomic mass is 9.93. The molecule has 0 aliphatic carbocycles. The number of carboxylic acids is 1. The van der Waals surface area contributed by atoms with E-state index in [0.717, 1.165) is 0 Å². The second-order valence-corrected chi connectivity index (χ2v) is 5.10. The van der Waals surface area contributed by atoms with Crippen LogP contribution in [0.1, 0.15) is 29.6 Å². The molecule has 0 saturated carbocycles. The third-order valence-corrected chi connectivity index (χ3v) is 3.74. The fourth-order valence-corrected chi connectivity index (χ4v) is 2.59. The van der Waals surface area contributed by atoms with E-state index in [9.17, 15) is 9.59 Å². The number of rotatable bonds is 5. The summed E-state index contributed by atoms with van der Waals surface area (Å²) in [7, 11) is 2.86. The zero-order valence-electron chi connectivity index (χ0n) is 12.6. The van der Waals surface area contributed by atoms with E-state index in [2.05, 4.69) is 9.97 Å². The van der Waals surface area contributed by atoms with Gasteiger partial charge in [-0.3, -0.25) is 9.59 Å². The number of aromatic nitrogens is 2. The highest BCUT2D eigenvalue weighted by atomic mass is 16.5. The van der Waals surface area contributed by atoms with Gasteiger partial charge in [0.15, 0.2) is 5.56 Å². The summed E-state index contributed by atoms with van der Waals surface area (Å²) in [4.78, 5) is 32.9. The van der Waals surface area contributed by atoms with E-state index in [0.29, 0.717) is 25.9 Å². The number of aliphatic carboxylic acids is 1. The molecule has 0 spiro atoms. The quantitative estimate of drug-likeness (QED) is 0.859. The molecule has 0 unspecified atom stereocenters. The first-order valence-electron chi connectivity index (χ1n) is 7.00. The number of piperidine rings is 1. The van der Waals surface area contributed by atoms with Gasteiger partial charge in [-0.15, -0.1) is 0 Å². The fraction of sp³-hybridized carbons (Fsp3) is 0.571. The standard InChI is InChI=1S/C14H19N3O5/c1-21-12-11(13(22-2)16-8-15-12)14(20)17-5-3-9(4-6-17)7-10(18)19/h8-9H,3-7H2,1-2H3,(H,18,19). The van der Waals surface area contributed by atoms with Crippen LogP contribution < -0.4 is 9.47 Å². The molecule has 0 radical (unpaired) electrons. The molecule has 1 saturated heterocycles. The lowest BCUT2D eigenvalue weighted by molar-refractivity contribution is -0.138. The van der Waals surface area contributed by atoms with Crippen LogP contribution >= 0.6 is 0 Å². The van der Waals surface area contributed by atoms with E-state index in [1.807, 2.05) is 0 Å². The van der Waals surface area contributed by atoms with E-state index in [4.69, 9.17) is 14.6 Å². The molecule has 2 heterocycles. The van der Waals surface area contributed by atoms with Gasteiger partial charge in [0.05, 0.1) is 14.2 Å². The fourth-order valence-electron chi connectivity index (χ4n) is 2.59. The number of hydrogen-bond acceptors (Lipinski definition) is 6. The Morgan fingerprint density at radius 1 is 1.23 bits per heavy atom. The highest BCUT2D eigenvalue weighted by molar-refractivity contribution is 5.98. The number of carbonyl (C=O) groups excluding carboxylic acids is 1. The molecule has 0 atom stereocenters. The van der Waals surface area contributed by atoms with Gasteiger partial charge in [0, 0.05) is 19.5 Å². The molecule has 1 aliphatic rings. The van der Waals surface area contributed by atoms with Crippen LogP contribution in [0.4, 0.5) is 0 Å². The van der Waals surface area contributed by atoms with Crippen molar-refractivity contribution in [2.75, 3.05) is 27.3 Å². The number of methoxy groups -OCH3 is 2. The molecule has 8 nitrogen and oxygen atoms in total. The van der Waals surface area contributed by atoms with Crippen LogP contribution in [0.5, 0.6) is 11.8 Å². The SMILES string of the molecule is COc1ncnc(OC)c1C(=O)N1CCC(CC(=O)O)CC1. The Hall–Kier alpha value is -2.38. The third-order valence-electron chi connectivity index (χ3n) is 3.74. The van der Waals surface area contributed by atoms with Gasteiger partial charge in [0.2, 0.25) is 11.8 Å². The van der Waals surface area contributed by atoms with E-state index >= 15 is 0 Å². The number of carbonyl (C=O) groups is 2.